The summed E-state index contributed by atoms with van der Waals surface area (Å²) in [5.41, 5.74) is 0. The molecule has 90 valence electrons. The number of alkyl halides is 3. The Kier molecular flexibility index (Phi) is 4.05. The van der Waals surface area contributed by atoms with Crippen LogP contribution in [0.4, 0.5) is 13.2 Å². The van der Waals surface area contributed by atoms with E-state index in [1.54, 1.807) is 13.2 Å². The highest BCUT2D eigenvalue weighted by Crippen LogP contribution is 2.14. The van der Waals surface area contributed by atoms with Gasteiger partial charge in [-0.3, -0.25) is 4.79 Å². The number of aryl methyl sites for hydroxylation is 1. The van der Waals surface area contributed by atoms with Crippen molar-refractivity contribution in [3.63, 3.8) is 0 Å². The number of rotatable bonds is 5. The Morgan fingerprint density at radius 2 is 2.25 bits per heavy atom. The van der Waals surface area contributed by atoms with Crippen LogP contribution in [0.3, 0.4) is 0 Å². The number of carbonyl (C=O) groups excluding carboxylic acids is 1. The van der Waals surface area contributed by atoms with Crippen LogP contribution in [0.25, 0.3) is 0 Å². The molecule has 0 aromatic carbocycles. The van der Waals surface area contributed by atoms with Crippen LogP contribution in [0, 0.1) is 0 Å². The van der Waals surface area contributed by atoms with Crippen LogP contribution in [0.1, 0.15) is 17.0 Å². The molecule has 1 rings (SSSR count). The van der Waals surface area contributed by atoms with E-state index in [0.29, 0.717) is 0 Å². The first-order valence-corrected chi connectivity index (χ1v) is 4.55. The van der Waals surface area contributed by atoms with Crippen molar-refractivity contribution in [1.29, 1.82) is 0 Å². The first kappa shape index (κ1) is 12.7. The molecule has 0 aliphatic heterocycles. The minimum absolute atomic E-state index is 0.110. The molecule has 1 heterocycles. The Hall–Kier alpha value is -1.37. The zero-order valence-corrected chi connectivity index (χ0v) is 8.62. The zero-order chi connectivity index (χ0) is 12.2. The maximum Gasteiger partial charge on any atom is 0.411 e. The molecule has 4 nitrogen and oxygen atoms in total. The van der Waals surface area contributed by atoms with Crippen molar-refractivity contribution in [3.8, 4) is 0 Å². The summed E-state index contributed by atoms with van der Waals surface area (Å²) in [6.45, 7) is -1.59. The molecular formula is C9H11F3N2O2. The van der Waals surface area contributed by atoms with Gasteiger partial charge in [0.1, 0.15) is 6.61 Å². The second-order valence-corrected chi connectivity index (χ2v) is 3.20. The van der Waals surface area contributed by atoms with Gasteiger partial charge >= 0.3 is 6.18 Å². The monoisotopic (exact) mass is 236 g/mol. The molecule has 0 saturated heterocycles. The third-order valence-corrected chi connectivity index (χ3v) is 1.81. The summed E-state index contributed by atoms with van der Waals surface area (Å²) in [5, 5.41) is 0. The number of Topliss-reactive ketones (excluding diaryl/α,β-unsaturated/α-hetero) is 1. The lowest BCUT2D eigenvalue weighted by atomic mass is 10.3. The molecule has 0 saturated carbocycles. The molecule has 0 fully saturated rings. The quantitative estimate of drug-likeness (QED) is 0.575. The molecule has 0 aliphatic carbocycles. The van der Waals surface area contributed by atoms with Gasteiger partial charge in [0.15, 0.2) is 5.82 Å². The summed E-state index contributed by atoms with van der Waals surface area (Å²) in [4.78, 5) is 15.2. The number of carbonyl (C=O) groups is 1. The predicted octanol–water partition coefficient (Wildman–Crippen LogP) is 1.57. The molecule has 0 unspecified atom stereocenters. The highest BCUT2D eigenvalue weighted by Gasteiger charge is 2.27. The summed E-state index contributed by atoms with van der Waals surface area (Å²) < 4.78 is 40.9. The van der Waals surface area contributed by atoms with Crippen LogP contribution < -0.4 is 0 Å². The molecule has 0 radical (unpaired) electrons. The number of imidazole rings is 1. The Morgan fingerprint density at radius 3 is 2.75 bits per heavy atom. The van der Waals surface area contributed by atoms with E-state index in [0.717, 1.165) is 0 Å². The van der Waals surface area contributed by atoms with Gasteiger partial charge in [-0.05, 0) is 0 Å². The average Bonchev–Trinajstić information content (AvgIpc) is 2.57. The Morgan fingerprint density at radius 1 is 1.56 bits per heavy atom. The lowest BCUT2D eigenvalue weighted by Crippen LogP contribution is -2.19. The Bertz CT molecular complexity index is 360. The van der Waals surface area contributed by atoms with E-state index in [1.165, 1.54) is 10.8 Å². The molecule has 0 spiro atoms. The standard InChI is InChI=1S/C9H11F3N2O2/c1-14-4-3-13-8(14)7(15)2-5-16-6-9(10,11)12/h3-4H,2,5-6H2,1H3. The van der Waals surface area contributed by atoms with Gasteiger partial charge in [0.25, 0.3) is 0 Å². The van der Waals surface area contributed by atoms with Gasteiger partial charge in [0.2, 0.25) is 5.78 Å². The molecule has 16 heavy (non-hydrogen) atoms. The van der Waals surface area contributed by atoms with Crippen LogP contribution in [0.5, 0.6) is 0 Å². The smallest absolute Gasteiger partial charge is 0.372 e. The van der Waals surface area contributed by atoms with Crippen LogP contribution in [0.2, 0.25) is 0 Å². The van der Waals surface area contributed by atoms with Crippen molar-refractivity contribution < 1.29 is 22.7 Å². The number of halogens is 3. The third-order valence-electron chi connectivity index (χ3n) is 1.81. The largest absolute Gasteiger partial charge is 0.411 e. The summed E-state index contributed by atoms with van der Waals surface area (Å²) in [5.74, 6) is -0.120. The van der Waals surface area contributed by atoms with Crippen LogP contribution in [-0.2, 0) is 11.8 Å². The summed E-state index contributed by atoms with van der Waals surface area (Å²) in [7, 11) is 1.64. The molecule has 0 amide bonds. The summed E-state index contributed by atoms with van der Waals surface area (Å²) in [6, 6.07) is 0. The highest BCUT2D eigenvalue weighted by molar-refractivity contribution is 5.92. The topological polar surface area (TPSA) is 44.1 Å². The van der Waals surface area contributed by atoms with Gasteiger partial charge in [-0.1, -0.05) is 0 Å². The highest BCUT2D eigenvalue weighted by atomic mass is 19.4. The fourth-order valence-corrected chi connectivity index (χ4v) is 1.10. The summed E-state index contributed by atoms with van der Waals surface area (Å²) >= 11 is 0. The fraction of sp³-hybridized carbons (Fsp3) is 0.556. The maximum absolute atomic E-state index is 11.7. The molecule has 1 aromatic heterocycles. The second kappa shape index (κ2) is 5.11. The van der Waals surface area contributed by atoms with Crippen molar-refractivity contribution in [3.05, 3.63) is 18.2 Å². The van der Waals surface area contributed by atoms with Crippen LogP contribution in [0.15, 0.2) is 12.4 Å². The van der Waals surface area contributed by atoms with E-state index < -0.39 is 12.8 Å². The number of hydrogen-bond acceptors (Lipinski definition) is 3. The normalized spacial score (nSPS) is 11.8. The van der Waals surface area contributed by atoms with E-state index in [1.807, 2.05) is 0 Å². The minimum Gasteiger partial charge on any atom is -0.372 e. The van der Waals surface area contributed by atoms with Crippen molar-refractivity contribution >= 4 is 5.78 Å². The SMILES string of the molecule is Cn1ccnc1C(=O)CCOCC(F)(F)F. The van der Waals surface area contributed by atoms with Gasteiger partial charge in [0, 0.05) is 25.9 Å². The van der Waals surface area contributed by atoms with Crippen molar-refractivity contribution in [2.24, 2.45) is 7.05 Å². The minimum atomic E-state index is -4.35. The number of aromatic nitrogens is 2. The van der Waals surface area contributed by atoms with Crippen LogP contribution >= 0.6 is 0 Å². The van der Waals surface area contributed by atoms with E-state index in [4.69, 9.17) is 0 Å². The third kappa shape index (κ3) is 4.01. The second-order valence-electron chi connectivity index (χ2n) is 3.20. The molecule has 0 aliphatic rings. The van der Waals surface area contributed by atoms with Gasteiger partial charge in [-0.2, -0.15) is 13.2 Å². The van der Waals surface area contributed by atoms with Crippen molar-refractivity contribution in [2.45, 2.75) is 12.6 Å². The van der Waals surface area contributed by atoms with E-state index in [2.05, 4.69) is 9.72 Å². The van der Waals surface area contributed by atoms with Crippen LogP contribution in [-0.4, -0.2) is 34.7 Å². The predicted molar refractivity (Wildman–Crippen MR) is 49.0 cm³/mol. The number of hydrogen-bond donors (Lipinski definition) is 0. The molecule has 0 atom stereocenters. The number of ketones is 1. The van der Waals surface area contributed by atoms with Gasteiger partial charge in [0.05, 0.1) is 6.61 Å². The first-order chi connectivity index (χ1) is 7.40. The lowest BCUT2D eigenvalue weighted by Gasteiger charge is -2.06. The van der Waals surface area contributed by atoms with E-state index >= 15 is 0 Å². The Balaban J connectivity index is 2.29. The van der Waals surface area contributed by atoms with Gasteiger partial charge in [-0.15, -0.1) is 0 Å². The Labute approximate surface area is 90.0 Å². The first-order valence-electron chi connectivity index (χ1n) is 4.55. The van der Waals surface area contributed by atoms with Crippen molar-refractivity contribution in [1.82, 2.24) is 9.55 Å². The molecule has 7 heteroatoms. The lowest BCUT2D eigenvalue weighted by molar-refractivity contribution is -0.173. The fourth-order valence-electron chi connectivity index (χ4n) is 1.10. The molecule has 0 bridgehead atoms. The zero-order valence-electron chi connectivity index (χ0n) is 8.62. The number of ether oxygens (including phenoxy) is 1. The summed E-state index contributed by atoms with van der Waals surface area (Å²) in [6.07, 6.45) is -1.43. The number of nitrogens with zero attached hydrogens (tertiary/aromatic N) is 2. The molecular weight excluding hydrogens is 225 g/mol. The average molecular weight is 236 g/mol. The van der Waals surface area contributed by atoms with Crippen molar-refractivity contribution in [2.75, 3.05) is 13.2 Å². The van der Waals surface area contributed by atoms with Gasteiger partial charge in [-0.25, -0.2) is 4.98 Å². The molecule has 0 N–H and O–H groups in total. The van der Waals surface area contributed by atoms with Gasteiger partial charge < -0.3 is 9.30 Å². The van der Waals surface area contributed by atoms with E-state index in [9.17, 15) is 18.0 Å². The molecule has 1 aromatic rings. The van der Waals surface area contributed by atoms with E-state index in [-0.39, 0.29) is 24.6 Å². The maximum atomic E-state index is 11.7.